The highest BCUT2D eigenvalue weighted by Crippen LogP contribution is 2.44. The minimum atomic E-state index is 0.725. The predicted octanol–water partition coefficient (Wildman–Crippen LogP) is 10.6. The minimum absolute atomic E-state index is 0.725. The number of para-hydroxylation sites is 1. The van der Waals surface area contributed by atoms with Crippen LogP contribution in [-0.2, 0) is 0 Å². The van der Waals surface area contributed by atoms with Crippen LogP contribution in [0, 0.1) is 0 Å². The fraction of sp³-hybridized carbons (Fsp3) is 0. The van der Waals surface area contributed by atoms with E-state index in [0.717, 1.165) is 33.5 Å². The third-order valence-corrected chi connectivity index (χ3v) is 8.06. The van der Waals surface area contributed by atoms with Crippen molar-refractivity contribution in [1.82, 2.24) is 9.97 Å². The molecule has 1 heterocycles. The van der Waals surface area contributed by atoms with E-state index in [1.54, 1.807) is 0 Å². The third kappa shape index (κ3) is 4.05. The molecule has 8 rings (SSSR count). The number of rotatable bonds is 4. The summed E-state index contributed by atoms with van der Waals surface area (Å²) < 4.78 is 0. The number of hydrogen-bond acceptors (Lipinski definition) is 2. The SMILES string of the molecule is c1ccc(-c2nc(-c3ccc4c(-c5ccccc5)c5ccccc5c(-c5ccccc5)c4c3)nc3ccccc23)cc1. The van der Waals surface area contributed by atoms with Gasteiger partial charge in [0.05, 0.1) is 11.2 Å². The summed E-state index contributed by atoms with van der Waals surface area (Å²) in [6, 6.07) is 55.6. The third-order valence-electron chi connectivity index (χ3n) is 8.06. The van der Waals surface area contributed by atoms with Gasteiger partial charge in [0.1, 0.15) is 0 Å². The summed E-state index contributed by atoms with van der Waals surface area (Å²) in [5, 5.41) is 5.93. The molecule has 0 aliphatic carbocycles. The first kappa shape index (κ1) is 24.2. The highest BCUT2D eigenvalue weighted by atomic mass is 14.9. The molecule has 0 unspecified atom stereocenters. The van der Waals surface area contributed by atoms with Gasteiger partial charge in [-0.1, -0.05) is 146 Å². The van der Waals surface area contributed by atoms with E-state index in [-0.39, 0.29) is 0 Å². The summed E-state index contributed by atoms with van der Waals surface area (Å²) in [7, 11) is 0. The zero-order valence-corrected chi connectivity index (χ0v) is 22.9. The summed E-state index contributed by atoms with van der Waals surface area (Å²) >= 11 is 0. The van der Waals surface area contributed by atoms with E-state index in [2.05, 4.69) is 146 Å². The van der Waals surface area contributed by atoms with Crippen LogP contribution < -0.4 is 0 Å². The van der Waals surface area contributed by atoms with Crippen molar-refractivity contribution >= 4 is 32.4 Å². The highest BCUT2D eigenvalue weighted by Gasteiger charge is 2.18. The molecule has 0 amide bonds. The average Bonchev–Trinajstić information content (AvgIpc) is 3.07. The Kier molecular flexibility index (Phi) is 5.82. The van der Waals surface area contributed by atoms with Gasteiger partial charge >= 0.3 is 0 Å². The molecule has 0 atom stereocenters. The second-order valence-electron chi connectivity index (χ2n) is 10.6. The van der Waals surface area contributed by atoms with Crippen molar-refractivity contribution in [2.75, 3.05) is 0 Å². The monoisotopic (exact) mass is 534 g/mol. The van der Waals surface area contributed by atoms with Gasteiger partial charge < -0.3 is 0 Å². The number of fused-ring (bicyclic) bond motifs is 3. The van der Waals surface area contributed by atoms with Crippen molar-refractivity contribution in [2.45, 2.75) is 0 Å². The second-order valence-corrected chi connectivity index (χ2v) is 10.6. The summed E-state index contributed by atoms with van der Waals surface area (Å²) in [6.07, 6.45) is 0. The van der Waals surface area contributed by atoms with Crippen LogP contribution in [0.15, 0.2) is 158 Å². The van der Waals surface area contributed by atoms with Gasteiger partial charge in [0, 0.05) is 16.5 Å². The lowest BCUT2D eigenvalue weighted by molar-refractivity contribution is 1.23. The van der Waals surface area contributed by atoms with Crippen molar-refractivity contribution in [3.63, 3.8) is 0 Å². The lowest BCUT2D eigenvalue weighted by atomic mass is 9.85. The molecule has 0 bridgehead atoms. The molecule has 0 saturated carbocycles. The number of aromatic nitrogens is 2. The molecule has 0 aliphatic heterocycles. The minimum Gasteiger partial charge on any atom is -0.228 e. The Morgan fingerprint density at radius 2 is 0.786 bits per heavy atom. The van der Waals surface area contributed by atoms with Crippen molar-refractivity contribution in [3.05, 3.63) is 158 Å². The first-order chi connectivity index (χ1) is 20.8. The molecule has 2 nitrogen and oxygen atoms in total. The molecule has 0 aliphatic rings. The van der Waals surface area contributed by atoms with Gasteiger partial charge in [-0.15, -0.1) is 0 Å². The van der Waals surface area contributed by atoms with Crippen LogP contribution in [0.5, 0.6) is 0 Å². The first-order valence-electron chi connectivity index (χ1n) is 14.3. The topological polar surface area (TPSA) is 25.8 Å². The molecule has 8 aromatic rings. The van der Waals surface area contributed by atoms with E-state index in [1.165, 1.54) is 43.8 Å². The van der Waals surface area contributed by atoms with Crippen molar-refractivity contribution in [3.8, 4) is 44.9 Å². The Labute approximate surface area is 244 Å². The lowest BCUT2D eigenvalue weighted by Crippen LogP contribution is -1.96. The van der Waals surface area contributed by atoms with Gasteiger partial charge in [-0.3, -0.25) is 0 Å². The maximum atomic E-state index is 5.18. The molecular formula is C40H26N2. The Bertz CT molecular complexity index is 2220. The summed E-state index contributed by atoms with van der Waals surface area (Å²) in [4.78, 5) is 10.3. The quantitative estimate of drug-likeness (QED) is 0.210. The molecule has 0 saturated heterocycles. The molecule has 7 aromatic carbocycles. The van der Waals surface area contributed by atoms with Crippen LogP contribution in [0.3, 0.4) is 0 Å². The first-order valence-corrected chi connectivity index (χ1v) is 14.3. The van der Waals surface area contributed by atoms with Crippen LogP contribution in [0.2, 0.25) is 0 Å². The largest absolute Gasteiger partial charge is 0.228 e. The summed E-state index contributed by atoms with van der Waals surface area (Å²) in [5.74, 6) is 0.725. The standard InChI is InChI=1S/C40H26N2/c1-4-14-27(15-5-1)37-31-20-10-11-21-32(31)38(28-16-6-2-7-17-28)35-26-30(24-25-33(35)37)40-41-36-23-13-12-22-34(36)39(42-40)29-18-8-3-9-19-29/h1-26H. The molecule has 42 heavy (non-hydrogen) atoms. The normalized spacial score (nSPS) is 11.3. The van der Waals surface area contributed by atoms with E-state index >= 15 is 0 Å². The summed E-state index contributed by atoms with van der Waals surface area (Å²) in [6.45, 7) is 0. The van der Waals surface area contributed by atoms with Gasteiger partial charge in [-0.05, 0) is 55.9 Å². The second kappa shape index (κ2) is 10.1. The Hall–Kier alpha value is -5.60. The molecule has 196 valence electrons. The highest BCUT2D eigenvalue weighted by molar-refractivity contribution is 6.21. The number of hydrogen-bond donors (Lipinski definition) is 0. The van der Waals surface area contributed by atoms with Gasteiger partial charge in [-0.2, -0.15) is 0 Å². The van der Waals surface area contributed by atoms with E-state index in [0.29, 0.717) is 0 Å². The molecule has 2 heteroatoms. The van der Waals surface area contributed by atoms with Crippen LogP contribution >= 0.6 is 0 Å². The predicted molar refractivity (Wildman–Crippen MR) is 176 cm³/mol. The zero-order valence-electron chi connectivity index (χ0n) is 22.9. The van der Waals surface area contributed by atoms with Gasteiger partial charge in [-0.25, -0.2) is 9.97 Å². The molecular weight excluding hydrogens is 508 g/mol. The van der Waals surface area contributed by atoms with Crippen molar-refractivity contribution < 1.29 is 0 Å². The van der Waals surface area contributed by atoms with Crippen molar-refractivity contribution in [1.29, 1.82) is 0 Å². The molecule has 0 spiro atoms. The van der Waals surface area contributed by atoms with Crippen LogP contribution in [0.1, 0.15) is 0 Å². The number of benzene rings is 7. The molecule has 0 N–H and O–H groups in total. The van der Waals surface area contributed by atoms with Gasteiger partial charge in [0.15, 0.2) is 5.82 Å². The fourth-order valence-electron chi connectivity index (χ4n) is 6.17. The summed E-state index contributed by atoms with van der Waals surface area (Å²) in [5.41, 5.74) is 8.84. The maximum Gasteiger partial charge on any atom is 0.160 e. The van der Waals surface area contributed by atoms with Crippen LogP contribution in [-0.4, -0.2) is 9.97 Å². The lowest BCUT2D eigenvalue weighted by Gasteiger charge is -2.18. The van der Waals surface area contributed by atoms with E-state index in [9.17, 15) is 0 Å². The fourth-order valence-corrected chi connectivity index (χ4v) is 6.17. The zero-order chi connectivity index (χ0) is 27.9. The molecule has 1 aromatic heterocycles. The van der Waals surface area contributed by atoms with E-state index in [1.807, 2.05) is 12.1 Å². The van der Waals surface area contributed by atoms with Gasteiger partial charge in [0.25, 0.3) is 0 Å². The average molecular weight is 535 g/mol. The Balaban J connectivity index is 1.47. The maximum absolute atomic E-state index is 5.18. The smallest absolute Gasteiger partial charge is 0.160 e. The van der Waals surface area contributed by atoms with E-state index in [4.69, 9.17) is 9.97 Å². The molecule has 0 radical (unpaired) electrons. The van der Waals surface area contributed by atoms with E-state index < -0.39 is 0 Å². The Morgan fingerprint density at radius 3 is 1.40 bits per heavy atom. The number of nitrogens with zero attached hydrogens (tertiary/aromatic N) is 2. The Morgan fingerprint density at radius 1 is 0.310 bits per heavy atom. The van der Waals surface area contributed by atoms with Gasteiger partial charge in [0.2, 0.25) is 0 Å². The van der Waals surface area contributed by atoms with Crippen LogP contribution in [0.25, 0.3) is 77.3 Å². The van der Waals surface area contributed by atoms with Crippen molar-refractivity contribution in [2.24, 2.45) is 0 Å². The van der Waals surface area contributed by atoms with Crippen LogP contribution in [0.4, 0.5) is 0 Å². The molecule has 0 fully saturated rings.